The molecule has 4 nitrogen and oxygen atoms in total. The molecule has 0 aliphatic carbocycles. The van der Waals surface area contributed by atoms with Crippen molar-refractivity contribution in [3.8, 4) is 0 Å². The van der Waals surface area contributed by atoms with E-state index >= 15 is 0 Å². The Bertz CT molecular complexity index is 832. The van der Waals surface area contributed by atoms with Crippen LogP contribution >= 0.6 is 11.6 Å². The third kappa shape index (κ3) is 3.54. The summed E-state index contributed by atoms with van der Waals surface area (Å²) in [6.07, 6.45) is 2.18. The molecule has 1 heterocycles. The molecule has 3 rings (SSSR count). The van der Waals surface area contributed by atoms with E-state index in [2.05, 4.69) is 12.2 Å². The topological polar surface area (TPSA) is 49.4 Å². The van der Waals surface area contributed by atoms with Crippen molar-refractivity contribution < 1.29 is 9.59 Å². The molecule has 130 valence electrons. The fraction of sp³-hybridized carbons (Fsp3) is 0.300. The van der Waals surface area contributed by atoms with Gasteiger partial charge in [0.05, 0.1) is 10.7 Å². The number of carbonyl (C=O) groups excluding carboxylic acids is 2. The lowest BCUT2D eigenvalue weighted by Gasteiger charge is -2.19. The van der Waals surface area contributed by atoms with E-state index in [-0.39, 0.29) is 11.8 Å². The molecule has 2 amide bonds. The maximum absolute atomic E-state index is 12.7. The first kappa shape index (κ1) is 17.5. The Morgan fingerprint density at radius 3 is 2.76 bits per heavy atom. The minimum atomic E-state index is -0.200. The number of nitrogens with zero attached hydrogens (tertiary/aromatic N) is 1. The van der Waals surface area contributed by atoms with Gasteiger partial charge >= 0.3 is 0 Å². The van der Waals surface area contributed by atoms with Crippen LogP contribution in [0.3, 0.4) is 0 Å². The van der Waals surface area contributed by atoms with Gasteiger partial charge in [0.25, 0.3) is 5.91 Å². The molecule has 2 aromatic rings. The number of hydrogen-bond acceptors (Lipinski definition) is 2. The highest BCUT2D eigenvalue weighted by Gasteiger charge is 2.24. The first-order chi connectivity index (χ1) is 12.0. The van der Waals surface area contributed by atoms with Crippen LogP contribution in [-0.2, 0) is 11.2 Å². The number of halogens is 1. The summed E-state index contributed by atoms with van der Waals surface area (Å²) in [4.78, 5) is 26.4. The van der Waals surface area contributed by atoms with Gasteiger partial charge in [-0.3, -0.25) is 9.59 Å². The molecule has 5 heteroatoms. The van der Waals surface area contributed by atoms with Gasteiger partial charge in [0.2, 0.25) is 5.91 Å². The molecule has 0 aromatic heterocycles. The number of amides is 2. The Balaban J connectivity index is 1.90. The molecule has 1 fully saturated rings. The number of rotatable bonds is 4. The van der Waals surface area contributed by atoms with Crippen LogP contribution in [0.5, 0.6) is 0 Å². The average Bonchev–Trinajstić information content (AvgIpc) is 3.02. The van der Waals surface area contributed by atoms with Crippen molar-refractivity contribution >= 4 is 34.8 Å². The zero-order chi connectivity index (χ0) is 18.0. The predicted molar refractivity (Wildman–Crippen MR) is 102 cm³/mol. The van der Waals surface area contributed by atoms with Crippen molar-refractivity contribution in [1.82, 2.24) is 0 Å². The average molecular weight is 357 g/mol. The summed E-state index contributed by atoms with van der Waals surface area (Å²) in [7, 11) is 0. The van der Waals surface area contributed by atoms with E-state index in [4.69, 9.17) is 11.6 Å². The largest absolute Gasteiger partial charge is 0.321 e. The predicted octanol–water partition coefficient (Wildman–Crippen LogP) is 4.59. The summed E-state index contributed by atoms with van der Waals surface area (Å²) in [6, 6.07) is 11.0. The maximum Gasteiger partial charge on any atom is 0.255 e. The smallest absolute Gasteiger partial charge is 0.255 e. The van der Waals surface area contributed by atoms with Gasteiger partial charge in [-0.2, -0.15) is 0 Å². The highest BCUT2D eigenvalue weighted by atomic mass is 35.5. The van der Waals surface area contributed by atoms with Crippen LogP contribution in [0.4, 0.5) is 11.4 Å². The van der Waals surface area contributed by atoms with E-state index < -0.39 is 0 Å². The van der Waals surface area contributed by atoms with Crippen molar-refractivity contribution in [2.75, 3.05) is 16.8 Å². The third-order valence-corrected chi connectivity index (χ3v) is 4.87. The van der Waals surface area contributed by atoms with Crippen molar-refractivity contribution in [2.45, 2.75) is 33.1 Å². The monoisotopic (exact) mass is 356 g/mol. The number of para-hydroxylation sites is 1. The summed E-state index contributed by atoms with van der Waals surface area (Å²) in [5, 5.41) is 3.49. The highest BCUT2D eigenvalue weighted by Crippen LogP contribution is 2.31. The number of anilines is 2. The number of nitrogens with one attached hydrogen (secondary N) is 1. The zero-order valence-electron chi connectivity index (χ0n) is 14.4. The minimum absolute atomic E-state index is 0.0478. The Kier molecular flexibility index (Phi) is 5.09. The molecule has 1 N–H and O–H groups in total. The summed E-state index contributed by atoms with van der Waals surface area (Å²) in [5.74, 6) is -0.153. The number of benzene rings is 2. The Hall–Kier alpha value is -2.33. The molecule has 0 unspecified atom stereocenters. The van der Waals surface area contributed by atoms with Crippen molar-refractivity contribution in [2.24, 2.45) is 0 Å². The minimum Gasteiger partial charge on any atom is -0.321 e. The van der Waals surface area contributed by atoms with Gasteiger partial charge in [-0.1, -0.05) is 36.7 Å². The summed E-state index contributed by atoms with van der Waals surface area (Å²) >= 11 is 6.25. The summed E-state index contributed by atoms with van der Waals surface area (Å²) in [5.41, 5.74) is 4.07. The Morgan fingerprint density at radius 1 is 1.28 bits per heavy atom. The van der Waals surface area contributed by atoms with E-state index in [9.17, 15) is 9.59 Å². The van der Waals surface area contributed by atoms with Gasteiger partial charge in [-0.05, 0) is 49.1 Å². The quantitative estimate of drug-likeness (QED) is 0.871. The number of hydrogen-bond donors (Lipinski definition) is 1. The molecule has 0 saturated carbocycles. The first-order valence-electron chi connectivity index (χ1n) is 8.51. The molecule has 0 spiro atoms. The Labute approximate surface area is 152 Å². The maximum atomic E-state index is 12.7. The van der Waals surface area contributed by atoms with Crippen molar-refractivity contribution in [3.63, 3.8) is 0 Å². The van der Waals surface area contributed by atoms with Crippen LogP contribution in [0, 0.1) is 6.92 Å². The highest BCUT2D eigenvalue weighted by molar-refractivity contribution is 6.34. The van der Waals surface area contributed by atoms with Crippen LogP contribution in [0.1, 0.15) is 41.3 Å². The van der Waals surface area contributed by atoms with E-state index in [1.807, 2.05) is 25.1 Å². The van der Waals surface area contributed by atoms with E-state index in [1.165, 1.54) is 0 Å². The van der Waals surface area contributed by atoms with Crippen LogP contribution < -0.4 is 10.2 Å². The van der Waals surface area contributed by atoms with Gasteiger partial charge in [0, 0.05) is 24.2 Å². The molecule has 1 aliphatic heterocycles. The molecule has 1 aliphatic rings. The zero-order valence-corrected chi connectivity index (χ0v) is 15.2. The molecule has 0 atom stereocenters. The number of aryl methyl sites for hydroxylation is 2. The van der Waals surface area contributed by atoms with Crippen LogP contribution in [0.15, 0.2) is 36.4 Å². The molecule has 25 heavy (non-hydrogen) atoms. The standard InChI is InChI=1S/C20H21ClN2O2/c1-3-14-7-4-6-13(2)19(14)22-20(25)15-9-10-16(21)17(12-15)23-11-5-8-18(23)24/h4,6-7,9-10,12H,3,5,8,11H2,1-2H3,(H,22,25). The lowest BCUT2D eigenvalue weighted by Crippen LogP contribution is -2.24. The molecule has 1 saturated heterocycles. The van der Waals surface area contributed by atoms with Crippen molar-refractivity contribution in [3.05, 3.63) is 58.1 Å². The second-order valence-corrected chi connectivity index (χ2v) is 6.64. The fourth-order valence-electron chi connectivity index (χ4n) is 3.15. The number of carbonyl (C=O) groups is 2. The van der Waals surface area contributed by atoms with Gasteiger partial charge in [-0.25, -0.2) is 0 Å². The summed E-state index contributed by atoms with van der Waals surface area (Å²) < 4.78 is 0. The van der Waals surface area contributed by atoms with Gasteiger partial charge < -0.3 is 10.2 Å². The third-order valence-electron chi connectivity index (χ3n) is 4.55. The van der Waals surface area contributed by atoms with Crippen LogP contribution in [0.25, 0.3) is 0 Å². The second kappa shape index (κ2) is 7.28. The lowest BCUT2D eigenvalue weighted by molar-refractivity contribution is -0.117. The van der Waals surface area contributed by atoms with Crippen LogP contribution in [0.2, 0.25) is 5.02 Å². The van der Waals surface area contributed by atoms with Gasteiger partial charge in [0.1, 0.15) is 0 Å². The molecule has 0 bridgehead atoms. The second-order valence-electron chi connectivity index (χ2n) is 6.23. The molecule has 0 radical (unpaired) electrons. The first-order valence-corrected chi connectivity index (χ1v) is 8.88. The summed E-state index contributed by atoms with van der Waals surface area (Å²) in [6.45, 7) is 4.68. The Morgan fingerprint density at radius 2 is 2.08 bits per heavy atom. The lowest BCUT2D eigenvalue weighted by atomic mass is 10.1. The molecular weight excluding hydrogens is 336 g/mol. The fourth-order valence-corrected chi connectivity index (χ4v) is 3.37. The van der Waals surface area contributed by atoms with Crippen molar-refractivity contribution in [1.29, 1.82) is 0 Å². The van der Waals surface area contributed by atoms with E-state index in [0.717, 1.165) is 29.7 Å². The van der Waals surface area contributed by atoms with E-state index in [1.54, 1.807) is 23.1 Å². The van der Waals surface area contributed by atoms with E-state index in [0.29, 0.717) is 29.2 Å². The molecule has 2 aromatic carbocycles. The normalized spacial score (nSPS) is 14.0. The van der Waals surface area contributed by atoms with Crippen LogP contribution in [-0.4, -0.2) is 18.4 Å². The van der Waals surface area contributed by atoms with Gasteiger partial charge in [0.15, 0.2) is 0 Å². The molecular formula is C20H21ClN2O2. The van der Waals surface area contributed by atoms with Gasteiger partial charge in [-0.15, -0.1) is 0 Å². The SMILES string of the molecule is CCc1cccc(C)c1NC(=O)c1ccc(Cl)c(N2CCCC2=O)c1.